The molecule has 150 valence electrons. The Bertz CT molecular complexity index is 955. The number of ether oxygens (including phenoxy) is 1. The van der Waals surface area contributed by atoms with E-state index < -0.39 is 10.0 Å². The van der Waals surface area contributed by atoms with Gasteiger partial charge in [0, 0.05) is 30.5 Å². The third-order valence-electron chi connectivity index (χ3n) is 4.71. The zero-order chi connectivity index (χ0) is 20.1. The number of piperidine rings is 1. The van der Waals surface area contributed by atoms with Crippen molar-refractivity contribution in [3.8, 4) is 5.75 Å². The van der Waals surface area contributed by atoms with Crippen LogP contribution in [0.15, 0.2) is 47.4 Å². The lowest BCUT2D eigenvalue weighted by atomic mass is 10.2. The van der Waals surface area contributed by atoms with Crippen LogP contribution in [0, 0.1) is 6.92 Å². The van der Waals surface area contributed by atoms with E-state index in [0.29, 0.717) is 28.8 Å². The van der Waals surface area contributed by atoms with E-state index in [4.69, 9.17) is 17.0 Å². The molecule has 28 heavy (non-hydrogen) atoms. The Morgan fingerprint density at radius 3 is 2.39 bits per heavy atom. The summed E-state index contributed by atoms with van der Waals surface area (Å²) in [5.74, 6) is 0.720. The molecule has 8 heteroatoms. The minimum Gasteiger partial charge on any atom is -0.497 e. The van der Waals surface area contributed by atoms with Crippen molar-refractivity contribution < 1.29 is 13.2 Å². The van der Waals surface area contributed by atoms with Crippen molar-refractivity contribution in [3.05, 3.63) is 48.0 Å². The Kier molecular flexibility index (Phi) is 6.53. The van der Waals surface area contributed by atoms with Gasteiger partial charge in [-0.05, 0) is 61.8 Å². The SMILES string of the molecule is COc1cccc(NC(=S)Nc2ccc(C)c(S(=O)(=O)N3CCCCC3)c2)c1. The van der Waals surface area contributed by atoms with Gasteiger partial charge in [0.1, 0.15) is 5.75 Å². The fraction of sp³-hybridized carbons (Fsp3) is 0.350. The van der Waals surface area contributed by atoms with Gasteiger partial charge in [0.2, 0.25) is 10.0 Å². The number of anilines is 2. The molecular weight excluding hydrogens is 394 g/mol. The molecule has 0 radical (unpaired) electrons. The first-order valence-electron chi connectivity index (χ1n) is 9.23. The molecule has 6 nitrogen and oxygen atoms in total. The predicted octanol–water partition coefficient (Wildman–Crippen LogP) is 3.99. The van der Waals surface area contributed by atoms with Gasteiger partial charge in [0.15, 0.2) is 5.11 Å². The summed E-state index contributed by atoms with van der Waals surface area (Å²) in [6.07, 6.45) is 2.90. The molecule has 0 aromatic heterocycles. The fourth-order valence-corrected chi connectivity index (χ4v) is 5.20. The average molecular weight is 420 g/mol. The van der Waals surface area contributed by atoms with Crippen molar-refractivity contribution >= 4 is 38.7 Å². The Hall–Kier alpha value is -2.16. The van der Waals surface area contributed by atoms with E-state index in [9.17, 15) is 8.42 Å². The van der Waals surface area contributed by atoms with Crippen LogP contribution in [0.3, 0.4) is 0 Å². The Morgan fingerprint density at radius 2 is 1.71 bits per heavy atom. The van der Waals surface area contributed by atoms with Crippen LogP contribution in [0.1, 0.15) is 24.8 Å². The maximum Gasteiger partial charge on any atom is 0.243 e. The molecule has 0 saturated carbocycles. The molecule has 0 unspecified atom stereocenters. The number of nitrogens with zero attached hydrogens (tertiary/aromatic N) is 1. The van der Waals surface area contributed by atoms with Gasteiger partial charge in [-0.2, -0.15) is 4.31 Å². The van der Waals surface area contributed by atoms with Gasteiger partial charge in [-0.15, -0.1) is 0 Å². The van der Waals surface area contributed by atoms with Crippen molar-refractivity contribution in [2.24, 2.45) is 0 Å². The quantitative estimate of drug-likeness (QED) is 0.714. The Labute approximate surface area is 171 Å². The van der Waals surface area contributed by atoms with Crippen LogP contribution < -0.4 is 15.4 Å². The van der Waals surface area contributed by atoms with Crippen LogP contribution in [-0.2, 0) is 10.0 Å². The summed E-state index contributed by atoms with van der Waals surface area (Å²) in [6, 6.07) is 12.7. The second-order valence-electron chi connectivity index (χ2n) is 6.76. The summed E-state index contributed by atoms with van der Waals surface area (Å²) < 4.78 is 32.9. The molecule has 2 N–H and O–H groups in total. The molecule has 0 amide bonds. The number of aryl methyl sites for hydroxylation is 1. The van der Waals surface area contributed by atoms with Gasteiger partial charge in [-0.25, -0.2) is 8.42 Å². The molecule has 0 aliphatic carbocycles. The maximum absolute atomic E-state index is 13.0. The van der Waals surface area contributed by atoms with Crippen LogP contribution in [0.25, 0.3) is 0 Å². The smallest absolute Gasteiger partial charge is 0.243 e. The molecule has 2 aromatic carbocycles. The zero-order valence-corrected chi connectivity index (χ0v) is 17.7. The van der Waals surface area contributed by atoms with Crippen LogP contribution >= 0.6 is 12.2 Å². The standard InChI is InChI=1S/C20H25N3O3S2/c1-15-9-10-17(14-19(15)28(24,25)23-11-4-3-5-12-23)22-20(27)21-16-7-6-8-18(13-16)26-2/h6-10,13-14H,3-5,11-12H2,1-2H3,(H2,21,22,27). The van der Waals surface area contributed by atoms with Crippen LogP contribution in [-0.4, -0.2) is 38.0 Å². The van der Waals surface area contributed by atoms with Gasteiger partial charge in [0.05, 0.1) is 12.0 Å². The molecule has 3 rings (SSSR count). The predicted molar refractivity (Wildman–Crippen MR) is 117 cm³/mol. The number of thiocarbonyl (C=S) groups is 1. The first kappa shape index (κ1) is 20.6. The highest BCUT2D eigenvalue weighted by Gasteiger charge is 2.27. The third-order valence-corrected chi connectivity index (χ3v) is 6.95. The summed E-state index contributed by atoms with van der Waals surface area (Å²) in [7, 11) is -1.90. The van der Waals surface area contributed by atoms with E-state index in [2.05, 4.69) is 10.6 Å². The Morgan fingerprint density at radius 1 is 1.04 bits per heavy atom. The lowest BCUT2D eigenvalue weighted by Crippen LogP contribution is -2.36. The molecular formula is C20H25N3O3S2. The number of sulfonamides is 1. The number of hydrogen-bond acceptors (Lipinski definition) is 4. The molecule has 0 spiro atoms. The van der Waals surface area contributed by atoms with E-state index in [1.807, 2.05) is 37.3 Å². The van der Waals surface area contributed by atoms with Crippen molar-refractivity contribution in [3.63, 3.8) is 0 Å². The van der Waals surface area contributed by atoms with Crippen molar-refractivity contribution in [2.75, 3.05) is 30.8 Å². The lowest BCUT2D eigenvalue weighted by Gasteiger charge is -2.26. The second-order valence-corrected chi connectivity index (χ2v) is 9.07. The van der Waals surface area contributed by atoms with Crippen molar-refractivity contribution in [1.29, 1.82) is 0 Å². The molecule has 1 saturated heterocycles. The minimum atomic E-state index is -3.51. The van der Waals surface area contributed by atoms with E-state index in [-0.39, 0.29) is 0 Å². The molecule has 1 heterocycles. The first-order valence-corrected chi connectivity index (χ1v) is 11.1. The van der Waals surface area contributed by atoms with Crippen molar-refractivity contribution in [2.45, 2.75) is 31.1 Å². The molecule has 2 aromatic rings. The monoisotopic (exact) mass is 419 g/mol. The molecule has 1 fully saturated rings. The Balaban J connectivity index is 1.76. The van der Waals surface area contributed by atoms with Gasteiger partial charge < -0.3 is 15.4 Å². The van der Waals surface area contributed by atoms with E-state index in [1.165, 1.54) is 0 Å². The first-order chi connectivity index (χ1) is 13.4. The summed E-state index contributed by atoms with van der Waals surface area (Å²) in [5, 5.41) is 6.52. The average Bonchev–Trinajstić information content (AvgIpc) is 2.70. The highest BCUT2D eigenvalue weighted by Crippen LogP contribution is 2.26. The molecule has 1 aliphatic heterocycles. The maximum atomic E-state index is 13.0. The summed E-state index contributed by atoms with van der Waals surface area (Å²) in [4.78, 5) is 0.323. The highest BCUT2D eigenvalue weighted by atomic mass is 32.2. The topological polar surface area (TPSA) is 70.7 Å². The van der Waals surface area contributed by atoms with Crippen LogP contribution in [0.4, 0.5) is 11.4 Å². The van der Waals surface area contributed by atoms with Gasteiger partial charge in [-0.3, -0.25) is 0 Å². The van der Waals surface area contributed by atoms with E-state index >= 15 is 0 Å². The van der Waals surface area contributed by atoms with E-state index in [1.54, 1.807) is 23.5 Å². The normalized spacial score (nSPS) is 15.1. The van der Waals surface area contributed by atoms with Gasteiger partial charge in [-0.1, -0.05) is 18.6 Å². The summed E-state index contributed by atoms with van der Waals surface area (Å²) >= 11 is 5.37. The summed E-state index contributed by atoms with van der Waals surface area (Å²) in [5.41, 5.74) is 2.13. The third kappa shape index (κ3) is 4.81. The largest absolute Gasteiger partial charge is 0.497 e. The number of nitrogens with one attached hydrogen (secondary N) is 2. The number of methoxy groups -OCH3 is 1. The van der Waals surface area contributed by atoms with E-state index in [0.717, 1.165) is 36.3 Å². The molecule has 0 bridgehead atoms. The summed E-state index contributed by atoms with van der Waals surface area (Å²) in [6.45, 7) is 2.97. The molecule has 0 atom stereocenters. The van der Waals surface area contributed by atoms with Gasteiger partial charge in [0.25, 0.3) is 0 Å². The van der Waals surface area contributed by atoms with Crippen LogP contribution in [0.5, 0.6) is 5.75 Å². The number of rotatable bonds is 5. The lowest BCUT2D eigenvalue weighted by molar-refractivity contribution is 0.346. The van der Waals surface area contributed by atoms with Crippen molar-refractivity contribution in [1.82, 2.24) is 4.31 Å². The molecule has 1 aliphatic rings. The highest BCUT2D eigenvalue weighted by molar-refractivity contribution is 7.89. The van der Waals surface area contributed by atoms with Crippen LogP contribution in [0.2, 0.25) is 0 Å². The zero-order valence-electron chi connectivity index (χ0n) is 16.1. The minimum absolute atomic E-state index is 0.323. The van der Waals surface area contributed by atoms with Gasteiger partial charge >= 0.3 is 0 Å². The number of benzene rings is 2. The number of hydrogen-bond donors (Lipinski definition) is 2. The fourth-order valence-electron chi connectivity index (χ4n) is 3.19. The second kappa shape index (κ2) is 8.89.